The van der Waals surface area contributed by atoms with Gasteiger partial charge in [-0.25, -0.2) is 13.2 Å². The smallest absolute Gasteiger partial charge is 0.317 e. The van der Waals surface area contributed by atoms with Crippen molar-refractivity contribution in [1.82, 2.24) is 14.5 Å². The summed E-state index contributed by atoms with van der Waals surface area (Å²) in [6, 6.07) is 13.6. The van der Waals surface area contributed by atoms with Gasteiger partial charge in [0.2, 0.25) is 10.0 Å². The summed E-state index contributed by atoms with van der Waals surface area (Å²) in [5.74, 6) is 1.39. The molecule has 2 amide bonds. The summed E-state index contributed by atoms with van der Waals surface area (Å²) in [6.07, 6.45) is 0. The molecule has 2 aromatic carbocycles. The van der Waals surface area contributed by atoms with Gasteiger partial charge in [-0.1, -0.05) is 24.3 Å². The van der Waals surface area contributed by atoms with Gasteiger partial charge in [-0.15, -0.1) is 0 Å². The Labute approximate surface area is 176 Å². The van der Waals surface area contributed by atoms with E-state index in [2.05, 4.69) is 5.32 Å². The number of rotatable bonds is 4. The number of piperazine rings is 1. The van der Waals surface area contributed by atoms with Crippen LogP contribution in [0.2, 0.25) is 0 Å². The Morgan fingerprint density at radius 2 is 1.63 bits per heavy atom. The molecule has 2 aliphatic heterocycles. The lowest BCUT2D eigenvalue weighted by atomic mass is 10.1. The van der Waals surface area contributed by atoms with Crippen LogP contribution in [-0.2, 0) is 10.0 Å². The lowest BCUT2D eigenvalue weighted by Gasteiger charge is -2.34. The molecule has 1 atom stereocenters. The maximum atomic E-state index is 12.7. The number of urea groups is 1. The van der Waals surface area contributed by atoms with Gasteiger partial charge in [0.1, 0.15) is 13.2 Å². The Morgan fingerprint density at radius 3 is 2.33 bits per heavy atom. The first-order valence-corrected chi connectivity index (χ1v) is 11.4. The van der Waals surface area contributed by atoms with Crippen molar-refractivity contribution in [2.45, 2.75) is 17.9 Å². The highest BCUT2D eigenvalue weighted by Gasteiger charge is 2.30. The second-order valence-electron chi connectivity index (χ2n) is 7.28. The number of hydrogen-bond donors (Lipinski definition) is 1. The summed E-state index contributed by atoms with van der Waals surface area (Å²) in [5, 5.41) is 2.98. The Hall–Kier alpha value is -2.78. The predicted octanol–water partition coefficient (Wildman–Crippen LogP) is 2.23. The number of carbonyl (C=O) groups excluding carboxylic acids is 1. The fraction of sp³-hybridized carbons (Fsp3) is 0.381. The average Bonchev–Trinajstić information content (AvgIpc) is 2.79. The Kier molecular flexibility index (Phi) is 5.83. The molecule has 0 radical (unpaired) electrons. The fourth-order valence-corrected chi connectivity index (χ4v) is 5.01. The highest BCUT2D eigenvalue weighted by molar-refractivity contribution is 7.89. The summed E-state index contributed by atoms with van der Waals surface area (Å²) in [4.78, 5) is 14.6. The van der Waals surface area contributed by atoms with E-state index in [9.17, 15) is 13.2 Å². The number of hydrogen-bond acceptors (Lipinski definition) is 5. The molecule has 0 aromatic heterocycles. The van der Waals surface area contributed by atoms with E-state index in [4.69, 9.17) is 9.47 Å². The predicted molar refractivity (Wildman–Crippen MR) is 111 cm³/mol. The zero-order valence-corrected chi connectivity index (χ0v) is 17.6. The van der Waals surface area contributed by atoms with E-state index in [0.717, 1.165) is 5.56 Å². The third kappa shape index (κ3) is 4.22. The van der Waals surface area contributed by atoms with Crippen LogP contribution in [-0.4, -0.2) is 63.0 Å². The Balaban J connectivity index is 1.34. The Bertz CT molecular complexity index is 1000. The quantitative estimate of drug-likeness (QED) is 0.802. The molecule has 0 unspecified atom stereocenters. The lowest BCUT2D eigenvalue weighted by Crippen LogP contribution is -2.53. The molecule has 1 saturated heterocycles. The number of benzene rings is 2. The molecule has 160 valence electrons. The van der Waals surface area contributed by atoms with Crippen molar-refractivity contribution in [3.8, 4) is 11.5 Å². The molecule has 4 rings (SSSR count). The lowest BCUT2D eigenvalue weighted by molar-refractivity contribution is 0.168. The van der Waals surface area contributed by atoms with Gasteiger partial charge in [0.15, 0.2) is 11.5 Å². The molecule has 2 aromatic rings. The zero-order valence-electron chi connectivity index (χ0n) is 16.8. The molecule has 2 aliphatic rings. The molecular formula is C21H25N3O5S. The SMILES string of the molecule is C[C@@H](NC(=O)N1CCN(S(=O)(=O)c2ccccc2)CC1)c1ccc2c(c1)OCCO2. The summed E-state index contributed by atoms with van der Waals surface area (Å²) < 4.78 is 38.0. The van der Waals surface area contributed by atoms with Crippen molar-refractivity contribution in [1.29, 1.82) is 0 Å². The second-order valence-corrected chi connectivity index (χ2v) is 9.22. The number of fused-ring (bicyclic) bond motifs is 1. The van der Waals surface area contributed by atoms with Crippen molar-refractivity contribution >= 4 is 16.1 Å². The minimum absolute atomic E-state index is 0.214. The normalized spacial score (nSPS) is 18.0. The van der Waals surface area contributed by atoms with E-state index in [1.165, 1.54) is 4.31 Å². The van der Waals surface area contributed by atoms with Crippen LogP contribution in [0.5, 0.6) is 11.5 Å². The molecule has 1 N–H and O–H groups in total. The van der Waals surface area contributed by atoms with Crippen molar-refractivity contribution in [2.24, 2.45) is 0 Å². The van der Waals surface area contributed by atoms with Crippen molar-refractivity contribution in [3.05, 3.63) is 54.1 Å². The summed E-state index contributed by atoms with van der Waals surface area (Å²) in [7, 11) is -3.54. The first kappa shape index (κ1) is 20.5. The summed E-state index contributed by atoms with van der Waals surface area (Å²) in [5.41, 5.74) is 0.915. The van der Waals surface area contributed by atoms with Crippen molar-refractivity contribution < 1.29 is 22.7 Å². The van der Waals surface area contributed by atoms with E-state index in [-0.39, 0.29) is 30.1 Å². The molecule has 2 heterocycles. The van der Waals surface area contributed by atoms with Crippen LogP contribution in [0.3, 0.4) is 0 Å². The van der Waals surface area contributed by atoms with Crippen LogP contribution in [0, 0.1) is 0 Å². The monoisotopic (exact) mass is 431 g/mol. The van der Waals surface area contributed by atoms with E-state index in [0.29, 0.717) is 37.8 Å². The van der Waals surface area contributed by atoms with Gasteiger partial charge in [-0.2, -0.15) is 4.31 Å². The molecule has 0 aliphatic carbocycles. The first-order chi connectivity index (χ1) is 14.4. The molecule has 30 heavy (non-hydrogen) atoms. The highest BCUT2D eigenvalue weighted by Crippen LogP contribution is 2.32. The Morgan fingerprint density at radius 1 is 0.967 bits per heavy atom. The van der Waals surface area contributed by atoms with Crippen LogP contribution in [0.4, 0.5) is 4.79 Å². The minimum Gasteiger partial charge on any atom is -0.486 e. The van der Waals surface area contributed by atoms with Gasteiger partial charge in [0.25, 0.3) is 0 Å². The summed E-state index contributed by atoms with van der Waals surface area (Å²) in [6.45, 7) is 4.15. The summed E-state index contributed by atoms with van der Waals surface area (Å²) >= 11 is 0. The van der Waals surface area contributed by atoms with Gasteiger partial charge >= 0.3 is 6.03 Å². The van der Waals surface area contributed by atoms with Crippen LogP contribution >= 0.6 is 0 Å². The molecule has 0 bridgehead atoms. The van der Waals surface area contributed by atoms with Gasteiger partial charge in [0.05, 0.1) is 10.9 Å². The number of nitrogens with zero attached hydrogens (tertiary/aromatic N) is 2. The van der Waals surface area contributed by atoms with E-state index < -0.39 is 10.0 Å². The molecular weight excluding hydrogens is 406 g/mol. The molecule has 0 spiro atoms. The third-order valence-corrected chi connectivity index (χ3v) is 7.23. The highest BCUT2D eigenvalue weighted by atomic mass is 32.2. The number of ether oxygens (including phenoxy) is 2. The molecule has 0 saturated carbocycles. The third-order valence-electron chi connectivity index (χ3n) is 5.31. The van der Waals surface area contributed by atoms with Crippen LogP contribution in [0.1, 0.15) is 18.5 Å². The maximum absolute atomic E-state index is 12.7. The standard InChI is InChI=1S/C21H25N3O5S/c1-16(17-7-8-19-20(15-17)29-14-13-28-19)22-21(25)23-9-11-24(12-10-23)30(26,27)18-5-3-2-4-6-18/h2-8,15-16H,9-14H2,1H3,(H,22,25)/t16-/m1/s1. The largest absolute Gasteiger partial charge is 0.486 e. The number of sulfonamides is 1. The number of nitrogens with one attached hydrogen (secondary N) is 1. The zero-order chi connectivity index (χ0) is 21.1. The minimum atomic E-state index is -3.54. The van der Waals surface area contributed by atoms with Gasteiger partial charge in [0, 0.05) is 26.2 Å². The molecule has 1 fully saturated rings. The fourth-order valence-electron chi connectivity index (χ4n) is 3.56. The van der Waals surface area contributed by atoms with Gasteiger partial charge in [-0.05, 0) is 36.8 Å². The van der Waals surface area contributed by atoms with E-state index in [1.54, 1.807) is 35.2 Å². The molecule has 8 nitrogen and oxygen atoms in total. The van der Waals surface area contributed by atoms with E-state index >= 15 is 0 Å². The van der Waals surface area contributed by atoms with Crippen molar-refractivity contribution in [2.75, 3.05) is 39.4 Å². The maximum Gasteiger partial charge on any atom is 0.317 e. The topological polar surface area (TPSA) is 88.2 Å². The van der Waals surface area contributed by atoms with Crippen LogP contribution in [0.25, 0.3) is 0 Å². The van der Waals surface area contributed by atoms with Crippen LogP contribution < -0.4 is 14.8 Å². The number of amides is 2. The van der Waals surface area contributed by atoms with Crippen molar-refractivity contribution in [3.63, 3.8) is 0 Å². The van der Waals surface area contributed by atoms with Gasteiger partial charge in [-0.3, -0.25) is 0 Å². The van der Waals surface area contributed by atoms with Gasteiger partial charge < -0.3 is 19.7 Å². The second kappa shape index (κ2) is 8.53. The molecule has 9 heteroatoms. The first-order valence-electron chi connectivity index (χ1n) is 9.95. The average molecular weight is 432 g/mol. The van der Waals surface area contributed by atoms with E-state index in [1.807, 2.05) is 25.1 Å². The number of carbonyl (C=O) groups is 1. The van der Waals surface area contributed by atoms with Crippen LogP contribution in [0.15, 0.2) is 53.4 Å².